The third-order valence-corrected chi connectivity index (χ3v) is 3.17. The van der Waals surface area contributed by atoms with E-state index in [0.29, 0.717) is 5.84 Å². The molecule has 1 aromatic carbocycles. The Kier molecular flexibility index (Phi) is 4.38. The first-order chi connectivity index (χ1) is 8.85. The minimum atomic E-state index is 0.611. The normalized spacial score (nSPS) is 11.6. The predicted octanol–water partition coefficient (Wildman–Crippen LogP) is 2.03. The minimum Gasteiger partial charge on any atom is -0.307 e. The molecule has 0 aliphatic heterocycles. The van der Waals surface area contributed by atoms with Gasteiger partial charge in [-0.1, -0.05) is 36.0 Å². The van der Waals surface area contributed by atoms with E-state index in [1.165, 1.54) is 11.5 Å². The molecule has 0 saturated heterocycles. The Bertz CT molecular complexity index is 520. The number of rotatable bonds is 4. The number of nitrogens with zero attached hydrogens (tertiary/aromatic N) is 3. The van der Waals surface area contributed by atoms with Crippen LogP contribution < -0.4 is 11.3 Å². The second kappa shape index (κ2) is 6.23. The van der Waals surface area contributed by atoms with E-state index < -0.39 is 0 Å². The quantitative estimate of drug-likeness (QED) is 0.382. The van der Waals surface area contributed by atoms with E-state index in [1.54, 1.807) is 0 Å². The van der Waals surface area contributed by atoms with Crippen LogP contribution in [0.5, 0.6) is 0 Å². The van der Waals surface area contributed by atoms with Gasteiger partial charge in [0.2, 0.25) is 0 Å². The number of benzene rings is 1. The molecule has 0 unspecified atom stereocenters. The lowest BCUT2D eigenvalue weighted by atomic mass is 10.2. The summed E-state index contributed by atoms with van der Waals surface area (Å²) in [5, 5.41) is 4.11. The van der Waals surface area contributed by atoms with Crippen molar-refractivity contribution >= 4 is 23.1 Å². The lowest BCUT2D eigenvalue weighted by Gasteiger charge is -2.04. The van der Waals surface area contributed by atoms with Crippen molar-refractivity contribution in [2.45, 2.75) is 19.8 Å². The maximum atomic E-state index is 5.55. The monoisotopic (exact) mass is 261 g/mol. The summed E-state index contributed by atoms with van der Waals surface area (Å²) in [6.07, 6.45) is 1.89. The van der Waals surface area contributed by atoms with Gasteiger partial charge < -0.3 is 5.43 Å². The lowest BCUT2D eigenvalue weighted by molar-refractivity contribution is 0.865. The Morgan fingerprint density at radius 3 is 2.83 bits per heavy atom. The Morgan fingerprint density at radius 2 is 2.17 bits per heavy atom. The molecule has 0 aliphatic rings. The van der Waals surface area contributed by atoms with Crippen molar-refractivity contribution in [3.63, 3.8) is 0 Å². The molecule has 1 heterocycles. The standard InChI is InChI=1S/C12H15N5S/c1-2-6-10-11(18-17-16-10)12(15-13)14-9-7-4-3-5-8-9/h3-5,7-8H,2,6,13H2,1H3,(H,14,15). The van der Waals surface area contributed by atoms with Crippen molar-refractivity contribution in [2.75, 3.05) is 0 Å². The fraction of sp³-hybridized carbons (Fsp3) is 0.250. The molecule has 2 aromatic rings. The van der Waals surface area contributed by atoms with E-state index in [0.717, 1.165) is 29.1 Å². The number of para-hydroxylation sites is 1. The zero-order valence-electron chi connectivity index (χ0n) is 10.1. The fourth-order valence-electron chi connectivity index (χ4n) is 1.57. The van der Waals surface area contributed by atoms with Crippen LogP contribution in [0, 0.1) is 0 Å². The molecule has 0 amide bonds. The van der Waals surface area contributed by atoms with Crippen LogP contribution in [0.2, 0.25) is 0 Å². The topological polar surface area (TPSA) is 76.2 Å². The maximum Gasteiger partial charge on any atom is 0.161 e. The number of hydrazine groups is 1. The van der Waals surface area contributed by atoms with E-state index >= 15 is 0 Å². The Morgan fingerprint density at radius 1 is 1.39 bits per heavy atom. The zero-order valence-corrected chi connectivity index (χ0v) is 10.9. The van der Waals surface area contributed by atoms with Crippen molar-refractivity contribution in [1.82, 2.24) is 15.0 Å². The number of amidine groups is 1. The molecular weight excluding hydrogens is 246 g/mol. The number of aromatic nitrogens is 2. The smallest absolute Gasteiger partial charge is 0.161 e. The van der Waals surface area contributed by atoms with Gasteiger partial charge in [0.15, 0.2) is 5.84 Å². The molecule has 0 fully saturated rings. The molecule has 0 saturated carbocycles. The predicted molar refractivity (Wildman–Crippen MR) is 73.9 cm³/mol. The second-order valence-corrected chi connectivity index (χ2v) is 4.49. The molecule has 94 valence electrons. The molecule has 1 aromatic heterocycles. The largest absolute Gasteiger partial charge is 0.307 e. The van der Waals surface area contributed by atoms with Gasteiger partial charge in [0.1, 0.15) is 4.88 Å². The third kappa shape index (κ3) is 2.91. The second-order valence-electron chi connectivity index (χ2n) is 3.74. The third-order valence-electron chi connectivity index (χ3n) is 2.39. The van der Waals surface area contributed by atoms with Crippen LogP contribution in [-0.2, 0) is 6.42 Å². The molecule has 0 aliphatic carbocycles. The Balaban J connectivity index is 2.33. The first-order valence-corrected chi connectivity index (χ1v) is 6.54. The van der Waals surface area contributed by atoms with E-state index in [9.17, 15) is 0 Å². The van der Waals surface area contributed by atoms with Crippen LogP contribution in [0.3, 0.4) is 0 Å². The Hall–Kier alpha value is -1.79. The lowest BCUT2D eigenvalue weighted by Crippen LogP contribution is -2.31. The summed E-state index contributed by atoms with van der Waals surface area (Å²) in [6.45, 7) is 2.10. The van der Waals surface area contributed by atoms with Gasteiger partial charge in [-0.2, -0.15) is 0 Å². The molecule has 3 N–H and O–H groups in total. The highest BCUT2D eigenvalue weighted by Crippen LogP contribution is 2.17. The Labute approximate surface area is 110 Å². The number of aliphatic imine (C=N–C) groups is 1. The maximum absolute atomic E-state index is 5.55. The minimum absolute atomic E-state index is 0.611. The molecule has 2 rings (SSSR count). The zero-order chi connectivity index (χ0) is 12.8. The fourth-order valence-corrected chi connectivity index (χ4v) is 2.23. The molecule has 0 atom stereocenters. The van der Waals surface area contributed by atoms with Crippen LogP contribution >= 0.6 is 11.5 Å². The van der Waals surface area contributed by atoms with Crippen LogP contribution in [0.25, 0.3) is 0 Å². The summed E-state index contributed by atoms with van der Waals surface area (Å²) < 4.78 is 3.97. The van der Waals surface area contributed by atoms with Gasteiger partial charge in [0, 0.05) is 0 Å². The van der Waals surface area contributed by atoms with Crippen molar-refractivity contribution in [2.24, 2.45) is 10.8 Å². The number of hydrogen-bond acceptors (Lipinski definition) is 5. The van der Waals surface area contributed by atoms with E-state index in [1.807, 2.05) is 30.3 Å². The van der Waals surface area contributed by atoms with Crippen LogP contribution in [0.1, 0.15) is 23.9 Å². The highest BCUT2D eigenvalue weighted by atomic mass is 32.1. The first-order valence-electron chi connectivity index (χ1n) is 5.77. The van der Waals surface area contributed by atoms with Crippen molar-refractivity contribution in [3.05, 3.63) is 40.9 Å². The highest BCUT2D eigenvalue weighted by Gasteiger charge is 2.12. The van der Waals surface area contributed by atoms with Gasteiger partial charge in [0.25, 0.3) is 0 Å². The van der Waals surface area contributed by atoms with E-state index in [4.69, 9.17) is 5.84 Å². The number of hydrogen-bond donors (Lipinski definition) is 2. The average Bonchev–Trinajstić information content (AvgIpc) is 2.86. The van der Waals surface area contributed by atoms with Gasteiger partial charge in [-0.15, -0.1) is 5.10 Å². The summed E-state index contributed by atoms with van der Waals surface area (Å²) in [5.41, 5.74) is 4.42. The molecule has 5 nitrogen and oxygen atoms in total. The molecule has 0 spiro atoms. The summed E-state index contributed by atoms with van der Waals surface area (Å²) in [6, 6.07) is 9.66. The van der Waals surface area contributed by atoms with Crippen LogP contribution in [-0.4, -0.2) is 15.4 Å². The van der Waals surface area contributed by atoms with Crippen molar-refractivity contribution < 1.29 is 0 Å². The first kappa shape index (κ1) is 12.7. The van der Waals surface area contributed by atoms with E-state index in [-0.39, 0.29) is 0 Å². The molecule has 6 heteroatoms. The number of nitrogens with two attached hydrogens (primary N) is 1. The highest BCUT2D eigenvalue weighted by molar-refractivity contribution is 7.08. The van der Waals surface area contributed by atoms with Gasteiger partial charge in [-0.25, -0.2) is 10.8 Å². The van der Waals surface area contributed by atoms with Gasteiger partial charge in [0.05, 0.1) is 11.4 Å². The van der Waals surface area contributed by atoms with Gasteiger partial charge >= 0.3 is 0 Å². The summed E-state index contributed by atoms with van der Waals surface area (Å²) in [5.74, 6) is 6.16. The van der Waals surface area contributed by atoms with Gasteiger partial charge in [-0.05, 0) is 30.1 Å². The summed E-state index contributed by atoms with van der Waals surface area (Å²) >= 11 is 1.31. The molecule has 0 radical (unpaired) electrons. The van der Waals surface area contributed by atoms with E-state index in [2.05, 4.69) is 26.9 Å². The van der Waals surface area contributed by atoms with Crippen LogP contribution in [0.4, 0.5) is 5.69 Å². The number of nitrogens with one attached hydrogen (secondary N) is 1. The molecule has 18 heavy (non-hydrogen) atoms. The SMILES string of the molecule is CCCc1nnsc1C(=Nc1ccccc1)NN. The van der Waals surface area contributed by atoms with Gasteiger partial charge in [-0.3, -0.25) is 0 Å². The molecular formula is C12H15N5S. The summed E-state index contributed by atoms with van der Waals surface area (Å²) in [7, 11) is 0. The van der Waals surface area contributed by atoms with Crippen molar-refractivity contribution in [1.29, 1.82) is 0 Å². The van der Waals surface area contributed by atoms with Crippen molar-refractivity contribution in [3.8, 4) is 0 Å². The average molecular weight is 261 g/mol. The summed E-state index contributed by atoms with van der Waals surface area (Å²) in [4.78, 5) is 5.38. The van der Waals surface area contributed by atoms with Crippen LogP contribution in [0.15, 0.2) is 35.3 Å². The number of aryl methyl sites for hydroxylation is 1. The molecule has 0 bridgehead atoms.